The Kier molecular flexibility index (Phi) is 6.47. The molecule has 0 bridgehead atoms. The van der Waals surface area contributed by atoms with Crippen molar-refractivity contribution in [1.82, 2.24) is 10.6 Å². The van der Waals surface area contributed by atoms with Crippen LogP contribution >= 0.6 is 0 Å². The van der Waals surface area contributed by atoms with E-state index in [0.29, 0.717) is 13.2 Å². The number of nitriles is 1. The Morgan fingerprint density at radius 1 is 1.44 bits per heavy atom. The van der Waals surface area contributed by atoms with Crippen LogP contribution in [-0.2, 0) is 22.7 Å². The van der Waals surface area contributed by atoms with Crippen LogP contribution in [0.4, 0.5) is 0 Å². The van der Waals surface area contributed by atoms with Crippen LogP contribution < -0.4 is 10.6 Å². The fraction of sp³-hybridized carbons (Fsp3) is 0.385. The molecule has 1 aromatic rings. The van der Waals surface area contributed by atoms with Gasteiger partial charge in [0.05, 0.1) is 19.2 Å². The van der Waals surface area contributed by atoms with Gasteiger partial charge in [0, 0.05) is 13.7 Å². The number of rotatable bonds is 7. The minimum atomic E-state index is -0.176. The second kappa shape index (κ2) is 8.23. The standard InChI is InChI=1S/C13H17N3O2/c1-18-10-12-4-2-3-11(7-12)8-15-9-13(17)16-6-5-14/h2-4,7,15H,6,8-10H2,1H3,(H,16,17). The van der Waals surface area contributed by atoms with Gasteiger partial charge in [-0.15, -0.1) is 0 Å². The molecule has 0 aromatic heterocycles. The van der Waals surface area contributed by atoms with Crippen molar-refractivity contribution in [2.75, 3.05) is 20.2 Å². The van der Waals surface area contributed by atoms with Crippen molar-refractivity contribution in [2.45, 2.75) is 13.2 Å². The minimum absolute atomic E-state index is 0.0455. The summed E-state index contributed by atoms with van der Waals surface area (Å²) in [6.45, 7) is 1.44. The van der Waals surface area contributed by atoms with E-state index in [-0.39, 0.29) is 19.0 Å². The van der Waals surface area contributed by atoms with Crippen molar-refractivity contribution >= 4 is 5.91 Å². The van der Waals surface area contributed by atoms with E-state index < -0.39 is 0 Å². The molecule has 0 saturated heterocycles. The van der Waals surface area contributed by atoms with E-state index >= 15 is 0 Å². The van der Waals surface area contributed by atoms with Crippen LogP contribution in [-0.4, -0.2) is 26.1 Å². The van der Waals surface area contributed by atoms with Gasteiger partial charge in [-0.1, -0.05) is 24.3 Å². The molecular formula is C13H17N3O2. The Morgan fingerprint density at radius 3 is 2.94 bits per heavy atom. The smallest absolute Gasteiger partial charge is 0.234 e. The van der Waals surface area contributed by atoms with Crippen molar-refractivity contribution in [3.8, 4) is 6.07 Å². The normalized spacial score (nSPS) is 9.78. The van der Waals surface area contributed by atoms with Gasteiger partial charge in [-0.2, -0.15) is 5.26 Å². The molecule has 5 heteroatoms. The predicted molar refractivity (Wildman–Crippen MR) is 67.5 cm³/mol. The molecular weight excluding hydrogens is 230 g/mol. The SMILES string of the molecule is COCc1cccc(CNCC(=O)NCC#N)c1. The van der Waals surface area contributed by atoms with Crippen molar-refractivity contribution in [3.05, 3.63) is 35.4 Å². The van der Waals surface area contributed by atoms with Gasteiger partial charge in [0.25, 0.3) is 0 Å². The summed E-state index contributed by atoms with van der Waals surface area (Å²) < 4.78 is 5.05. The Balaban J connectivity index is 2.33. The van der Waals surface area contributed by atoms with Crippen LogP contribution in [0.25, 0.3) is 0 Å². The third-order valence-corrected chi connectivity index (χ3v) is 2.28. The van der Waals surface area contributed by atoms with Gasteiger partial charge in [0.15, 0.2) is 0 Å². The van der Waals surface area contributed by atoms with E-state index in [9.17, 15) is 4.79 Å². The Bertz CT molecular complexity index is 426. The van der Waals surface area contributed by atoms with E-state index in [1.54, 1.807) is 7.11 Å². The zero-order valence-corrected chi connectivity index (χ0v) is 10.4. The third-order valence-electron chi connectivity index (χ3n) is 2.28. The molecule has 0 aliphatic rings. The summed E-state index contributed by atoms with van der Waals surface area (Å²) in [4.78, 5) is 11.2. The summed E-state index contributed by atoms with van der Waals surface area (Å²) in [5.74, 6) is -0.176. The number of amides is 1. The molecule has 0 fully saturated rings. The summed E-state index contributed by atoms with van der Waals surface area (Å²) in [6.07, 6.45) is 0. The Hall–Kier alpha value is -1.90. The van der Waals surface area contributed by atoms with Gasteiger partial charge in [0.1, 0.15) is 6.54 Å². The zero-order chi connectivity index (χ0) is 13.2. The molecule has 0 unspecified atom stereocenters. The van der Waals surface area contributed by atoms with Crippen molar-refractivity contribution < 1.29 is 9.53 Å². The molecule has 0 atom stereocenters. The molecule has 96 valence electrons. The largest absolute Gasteiger partial charge is 0.380 e. The molecule has 0 radical (unpaired) electrons. The number of hydrogen-bond acceptors (Lipinski definition) is 4. The van der Waals surface area contributed by atoms with E-state index in [0.717, 1.165) is 11.1 Å². The minimum Gasteiger partial charge on any atom is -0.380 e. The maximum absolute atomic E-state index is 11.2. The van der Waals surface area contributed by atoms with Crippen LogP contribution in [0.3, 0.4) is 0 Å². The van der Waals surface area contributed by atoms with Crippen LogP contribution in [0, 0.1) is 11.3 Å². The van der Waals surface area contributed by atoms with Crippen molar-refractivity contribution in [3.63, 3.8) is 0 Å². The topological polar surface area (TPSA) is 74.2 Å². The van der Waals surface area contributed by atoms with Gasteiger partial charge in [0.2, 0.25) is 5.91 Å². The molecule has 2 N–H and O–H groups in total. The number of ether oxygens (including phenoxy) is 1. The first-order chi connectivity index (χ1) is 8.76. The van der Waals surface area contributed by atoms with Crippen LogP contribution in [0.5, 0.6) is 0 Å². The summed E-state index contributed by atoms with van der Waals surface area (Å²) in [7, 11) is 1.66. The predicted octanol–water partition coefficient (Wildman–Crippen LogP) is 0.562. The molecule has 0 aliphatic heterocycles. The molecule has 0 aliphatic carbocycles. The fourth-order valence-corrected chi connectivity index (χ4v) is 1.52. The van der Waals surface area contributed by atoms with Crippen LogP contribution in [0.1, 0.15) is 11.1 Å². The molecule has 1 aromatic carbocycles. The lowest BCUT2D eigenvalue weighted by Crippen LogP contribution is -2.33. The molecule has 1 rings (SSSR count). The van der Waals surface area contributed by atoms with Gasteiger partial charge in [-0.25, -0.2) is 0 Å². The monoisotopic (exact) mass is 247 g/mol. The lowest BCUT2D eigenvalue weighted by molar-refractivity contribution is -0.120. The first-order valence-corrected chi connectivity index (χ1v) is 5.67. The summed E-state index contributed by atoms with van der Waals surface area (Å²) >= 11 is 0. The maximum Gasteiger partial charge on any atom is 0.234 e. The van der Waals surface area contributed by atoms with Gasteiger partial charge >= 0.3 is 0 Å². The molecule has 0 heterocycles. The second-order valence-corrected chi connectivity index (χ2v) is 3.79. The number of carbonyl (C=O) groups excluding carboxylic acids is 1. The summed E-state index contributed by atoms with van der Waals surface area (Å²) in [6, 6.07) is 9.82. The van der Waals surface area contributed by atoms with Gasteiger partial charge in [-0.05, 0) is 11.1 Å². The number of nitrogens with zero attached hydrogens (tertiary/aromatic N) is 1. The number of hydrogen-bond donors (Lipinski definition) is 2. The Labute approximate surface area is 107 Å². The third kappa shape index (κ3) is 5.43. The first-order valence-electron chi connectivity index (χ1n) is 5.67. The van der Waals surface area contributed by atoms with Gasteiger partial charge in [-0.3, -0.25) is 4.79 Å². The van der Waals surface area contributed by atoms with Gasteiger partial charge < -0.3 is 15.4 Å². The van der Waals surface area contributed by atoms with Crippen LogP contribution in [0.15, 0.2) is 24.3 Å². The van der Waals surface area contributed by atoms with E-state index in [1.807, 2.05) is 30.3 Å². The number of benzene rings is 1. The molecule has 0 spiro atoms. The average Bonchev–Trinajstić information content (AvgIpc) is 2.37. The lowest BCUT2D eigenvalue weighted by atomic mass is 10.1. The fourth-order valence-electron chi connectivity index (χ4n) is 1.52. The van der Waals surface area contributed by atoms with Crippen LogP contribution in [0.2, 0.25) is 0 Å². The number of carbonyl (C=O) groups is 1. The Morgan fingerprint density at radius 2 is 2.22 bits per heavy atom. The summed E-state index contributed by atoms with van der Waals surface area (Å²) in [5, 5.41) is 13.8. The van der Waals surface area contributed by atoms with E-state index in [4.69, 9.17) is 10.00 Å². The molecule has 1 amide bonds. The molecule has 5 nitrogen and oxygen atoms in total. The number of methoxy groups -OCH3 is 1. The zero-order valence-electron chi connectivity index (χ0n) is 10.4. The average molecular weight is 247 g/mol. The highest BCUT2D eigenvalue weighted by Gasteiger charge is 2.00. The van der Waals surface area contributed by atoms with Crippen molar-refractivity contribution in [2.24, 2.45) is 0 Å². The van der Waals surface area contributed by atoms with E-state index in [2.05, 4.69) is 10.6 Å². The van der Waals surface area contributed by atoms with Crippen molar-refractivity contribution in [1.29, 1.82) is 5.26 Å². The maximum atomic E-state index is 11.2. The summed E-state index contributed by atoms with van der Waals surface area (Å²) in [5.41, 5.74) is 2.20. The lowest BCUT2D eigenvalue weighted by Gasteiger charge is -2.06. The quantitative estimate of drug-likeness (QED) is 0.690. The highest BCUT2D eigenvalue weighted by Crippen LogP contribution is 2.05. The number of nitrogens with one attached hydrogen (secondary N) is 2. The molecule has 0 saturated carbocycles. The highest BCUT2D eigenvalue weighted by molar-refractivity contribution is 5.78. The molecule has 18 heavy (non-hydrogen) atoms. The van der Waals surface area contributed by atoms with E-state index in [1.165, 1.54) is 0 Å². The highest BCUT2D eigenvalue weighted by atomic mass is 16.5. The second-order valence-electron chi connectivity index (χ2n) is 3.79. The first kappa shape index (κ1) is 14.2.